The Labute approximate surface area is 103 Å². The molecule has 0 aliphatic heterocycles. The maximum absolute atomic E-state index is 10.8. The second kappa shape index (κ2) is 6.28. The summed E-state index contributed by atoms with van der Waals surface area (Å²) in [5.41, 5.74) is 2.26. The third kappa shape index (κ3) is 2.99. The van der Waals surface area contributed by atoms with E-state index in [0.29, 0.717) is 6.42 Å². The highest BCUT2D eigenvalue weighted by Gasteiger charge is 2.19. The molecule has 0 radical (unpaired) electrons. The van der Waals surface area contributed by atoms with Crippen LogP contribution in [0, 0.1) is 0 Å². The molecule has 17 heavy (non-hydrogen) atoms. The van der Waals surface area contributed by atoms with Crippen LogP contribution in [0.2, 0.25) is 0 Å². The molecule has 3 nitrogen and oxygen atoms in total. The predicted molar refractivity (Wildman–Crippen MR) is 71.0 cm³/mol. The first-order valence-electron chi connectivity index (χ1n) is 5.93. The van der Waals surface area contributed by atoms with Crippen molar-refractivity contribution < 1.29 is 9.53 Å². The molecule has 0 heterocycles. The van der Waals surface area contributed by atoms with Gasteiger partial charge in [-0.25, -0.2) is 0 Å². The van der Waals surface area contributed by atoms with Crippen LogP contribution in [0.15, 0.2) is 18.2 Å². The summed E-state index contributed by atoms with van der Waals surface area (Å²) in [5, 5.41) is 0. The summed E-state index contributed by atoms with van der Waals surface area (Å²) in [6.45, 7) is 2.10. The molecule has 0 unspecified atom stereocenters. The van der Waals surface area contributed by atoms with Crippen LogP contribution in [0.1, 0.15) is 31.2 Å². The zero-order chi connectivity index (χ0) is 12.8. The standard InChI is InChI=1S/C14H21NO2/c1-5-11(9-10-16)14-12(15(2)3)7-6-8-13(14)17-4/h6-8,10-11H,5,9H2,1-4H3/t11-/m1/s1. The summed E-state index contributed by atoms with van der Waals surface area (Å²) in [4.78, 5) is 12.8. The third-order valence-corrected chi connectivity index (χ3v) is 3.03. The number of aldehydes is 1. The lowest BCUT2D eigenvalue weighted by Gasteiger charge is -2.24. The van der Waals surface area contributed by atoms with Crippen molar-refractivity contribution in [2.24, 2.45) is 0 Å². The minimum absolute atomic E-state index is 0.223. The predicted octanol–water partition coefficient (Wildman–Crippen LogP) is 2.84. The molecule has 0 saturated heterocycles. The van der Waals surface area contributed by atoms with Gasteiger partial charge in [0.2, 0.25) is 0 Å². The SMILES string of the molecule is CC[C@H](CC=O)c1c(OC)cccc1N(C)C. The van der Waals surface area contributed by atoms with Crippen LogP contribution in [0.25, 0.3) is 0 Å². The van der Waals surface area contributed by atoms with Crippen molar-refractivity contribution in [2.75, 3.05) is 26.1 Å². The number of methoxy groups -OCH3 is 1. The van der Waals surface area contributed by atoms with Crippen LogP contribution in [0.4, 0.5) is 5.69 Å². The fraction of sp³-hybridized carbons (Fsp3) is 0.500. The van der Waals surface area contributed by atoms with E-state index in [0.717, 1.165) is 29.7 Å². The maximum Gasteiger partial charge on any atom is 0.124 e. The second-order valence-corrected chi connectivity index (χ2v) is 4.30. The number of anilines is 1. The van der Waals surface area contributed by atoms with Gasteiger partial charge in [0, 0.05) is 31.8 Å². The largest absolute Gasteiger partial charge is 0.496 e. The molecule has 0 amide bonds. The zero-order valence-corrected chi connectivity index (χ0v) is 11.1. The van der Waals surface area contributed by atoms with E-state index in [-0.39, 0.29) is 5.92 Å². The Hall–Kier alpha value is -1.51. The molecule has 0 aromatic heterocycles. The Morgan fingerprint density at radius 1 is 1.41 bits per heavy atom. The molecule has 0 N–H and O–H groups in total. The maximum atomic E-state index is 10.8. The van der Waals surface area contributed by atoms with Gasteiger partial charge in [-0.05, 0) is 24.5 Å². The minimum Gasteiger partial charge on any atom is -0.496 e. The molecular weight excluding hydrogens is 214 g/mol. The number of carbonyl (C=O) groups is 1. The summed E-state index contributed by atoms with van der Waals surface area (Å²) in [7, 11) is 5.68. The van der Waals surface area contributed by atoms with E-state index in [1.165, 1.54) is 0 Å². The third-order valence-electron chi connectivity index (χ3n) is 3.03. The Bertz CT molecular complexity index is 374. The molecule has 0 aliphatic carbocycles. The van der Waals surface area contributed by atoms with E-state index in [1.807, 2.05) is 26.2 Å². The van der Waals surface area contributed by atoms with Gasteiger partial charge in [0.25, 0.3) is 0 Å². The van der Waals surface area contributed by atoms with Crippen LogP contribution in [-0.2, 0) is 4.79 Å². The smallest absolute Gasteiger partial charge is 0.124 e. The van der Waals surface area contributed by atoms with Crippen molar-refractivity contribution in [3.63, 3.8) is 0 Å². The summed E-state index contributed by atoms with van der Waals surface area (Å²) in [6.07, 6.45) is 2.46. The Morgan fingerprint density at radius 2 is 2.12 bits per heavy atom. The van der Waals surface area contributed by atoms with Gasteiger partial charge >= 0.3 is 0 Å². The van der Waals surface area contributed by atoms with Crippen molar-refractivity contribution >= 4 is 12.0 Å². The van der Waals surface area contributed by atoms with Crippen LogP contribution in [0.5, 0.6) is 5.75 Å². The van der Waals surface area contributed by atoms with Crippen molar-refractivity contribution in [1.29, 1.82) is 0 Å². The lowest BCUT2D eigenvalue weighted by molar-refractivity contribution is -0.108. The summed E-state index contributed by atoms with van der Waals surface area (Å²) < 4.78 is 5.42. The first-order valence-corrected chi connectivity index (χ1v) is 5.93. The van der Waals surface area contributed by atoms with E-state index in [9.17, 15) is 4.79 Å². The molecule has 0 aliphatic rings. The fourth-order valence-corrected chi connectivity index (χ4v) is 2.12. The first-order chi connectivity index (χ1) is 8.15. The summed E-state index contributed by atoms with van der Waals surface area (Å²) in [6, 6.07) is 5.99. The molecule has 0 spiro atoms. The Kier molecular flexibility index (Phi) is 5.01. The summed E-state index contributed by atoms with van der Waals surface area (Å²) in [5.74, 6) is 1.09. The van der Waals surface area contributed by atoms with Gasteiger partial charge < -0.3 is 14.4 Å². The van der Waals surface area contributed by atoms with Crippen molar-refractivity contribution in [2.45, 2.75) is 25.7 Å². The van der Waals surface area contributed by atoms with Crippen molar-refractivity contribution in [1.82, 2.24) is 0 Å². The molecular formula is C14H21NO2. The molecule has 94 valence electrons. The highest BCUT2D eigenvalue weighted by Crippen LogP contribution is 2.37. The zero-order valence-electron chi connectivity index (χ0n) is 11.1. The first kappa shape index (κ1) is 13.6. The van der Waals surface area contributed by atoms with E-state index in [2.05, 4.69) is 17.9 Å². The van der Waals surface area contributed by atoms with E-state index >= 15 is 0 Å². The quantitative estimate of drug-likeness (QED) is 0.710. The van der Waals surface area contributed by atoms with Crippen molar-refractivity contribution in [3.05, 3.63) is 23.8 Å². The topological polar surface area (TPSA) is 29.5 Å². The van der Waals surface area contributed by atoms with Gasteiger partial charge in [0.05, 0.1) is 7.11 Å². The molecule has 1 aromatic rings. The molecule has 3 heteroatoms. The lowest BCUT2D eigenvalue weighted by atomic mass is 9.91. The highest BCUT2D eigenvalue weighted by atomic mass is 16.5. The number of carbonyl (C=O) groups excluding carboxylic acids is 1. The van der Waals surface area contributed by atoms with E-state index < -0.39 is 0 Å². The molecule has 1 aromatic carbocycles. The average molecular weight is 235 g/mol. The summed E-state index contributed by atoms with van der Waals surface area (Å²) >= 11 is 0. The number of rotatable bonds is 6. The fourth-order valence-electron chi connectivity index (χ4n) is 2.12. The number of benzene rings is 1. The molecule has 0 fully saturated rings. The number of nitrogens with zero attached hydrogens (tertiary/aromatic N) is 1. The number of ether oxygens (including phenoxy) is 1. The van der Waals surface area contributed by atoms with Crippen LogP contribution < -0.4 is 9.64 Å². The number of hydrogen-bond donors (Lipinski definition) is 0. The normalized spacial score (nSPS) is 12.0. The lowest BCUT2D eigenvalue weighted by Crippen LogP contribution is -2.14. The molecule has 1 rings (SSSR count). The van der Waals surface area contributed by atoms with Gasteiger partial charge in [0.15, 0.2) is 0 Å². The highest BCUT2D eigenvalue weighted by molar-refractivity contribution is 5.63. The van der Waals surface area contributed by atoms with Gasteiger partial charge in [-0.15, -0.1) is 0 Å². The van der Waals surface area contributed by atoms with Gasteiger partial charge in [0.1, 0.15) is 12.0 Å². The monoisotopic (exact) mass is 235 g/mol. The van der Waals surface area contributed by atoms with Crippen LogP contribution in [-0.4, -0.2) is 27.5 Å². The van der Waals surface area contributed by atoms with Gasteiger partial charge in [-0.1, -0.05) is 13.0 Å². The molecule has 0 saturated carbocycles. The molecule has 0 bridgehead atoms. The Balaban J connectivity index is 3.28. The average Bonchev–Trinajstić information content (AvgIpc) is 2.35. The second-order valence-electron chi connectivity index (χ2n) is 4.30. The Morgan fingerprint density at radius 3 is 2.59 bits per heavy atom. The van der Waals surface area contributed by atoms with Gasteiger partial charge in [-0.3, -0.25) is 0 Å². The van der Waals surface area contributed by atoms with E-state index in [4.69, 9.17) is 4.74 Å². The van der Waals surface area contributed by atoms with Crippen LogP contribution >= 0.6 is 0 Å². The van der Waals surface area contributed by atoms with Gasteiger partial charge in [-0.2, -0.15) is 0 Å². The number of hydrogen-bond acceptors (Lipinski definition) is 3. The van der Waals surface area contributed by atoms with E-state index in [1.54, 1.807) is 7.11 Å². The molecule has 1 atom stereocenters. The van der Waals surface area contributed by atoms with Crippen LogP contribution in [0.3, 0.4) is 0 Å². The minimum atomic E-state index is 0.223. The van der Waals surface area contributed by atoms with Crippen molar-refractivity contribution in [3.8, 4) is 5.75 Å².